The van der Waals surface area contributed by atoms with E-state index in [2.05, 4.69) is 42.8 Å². The summed E-state index contributed by atoms with van der Waals surface area (Å²) in [4.78, 5) is 6.37. The van der Waals surface area contributed by atoms with Crippen molar-refractivity contribution in [1.29, 1.82) is 5.26 Å². The molecule has 0 radical (unpaired) electrons. The van der Waals surface area contributed by atoms with Crippen LogP contribution in [-0.4, -0.2) is 35.2 Å². The highest BCUT2D eigenvalue weighted by Gasteiger charge is 2.15. The van der Waals surface area contributed by atoms with Gasteiger partial charge in [0.15, 0.2) is 0 Å². The smallest absolute Gasteiger partial charge is 0.0635 e. The van der Waals surface area contributed by atoms with Crippen LogP contribution in [-0.2, 0) is 11.3 Å². The largest absolute Gasteiger partial charge is 0.374 e. The van der Waals surface area contributed by atoms with Gasteiger partial charge in [-0.1, -0.05) is 13.0 Å². The monoisotopic (exact) mass is 275 g/mol. The fraction of sp³-hybridized carbons (Fsp3) is 0.625. The number of ether oxygens (including phenoxy) is 1. The van der Waals surface area contributed by atoms with Crippen LogP contribution in [0.5, 0.6) is 0 Å². The molecule has 0 bridgehead atoms. The van der Waals surface area contributed by atoms with Crippen molar-refractivity contribution in [2.24, 2.45) is 0 Å². The highest BCUT2D eigenvalue weighted by atomic mass is 16.5. The van der Waals surface area contributed by atoms with Crippen molar-refractivity contribution in [2.75, 3.05) is 19.7 Å². The molecular formula is C16H25N3O. The molecule has 0 aliphatic heterocycles. The molecule has 4 heteroatoms. The topological polar surface area (TPSA) is 49.1 Å². The van der Waals surface area contributed by atoms with Gasteiger partial charge >= 0.3 is 0 Å². The second kappa shape index (κ2) is 8.68. The summed E-state index contributed by atoms with van der Waals surface area (Å²) >= 11 is 0. The molecule has 0 unspecified atom stereocenters. The lowest BCUT2D eigenvalue weighted by Gasteiger charge is -2.27. The van der Waals surface area contributed by atoms with Crippen molar-refractivity contribution in [2.45, 2.75) is 45.8 Å². The number of nitriles is 1. The van der Waals surface area contributed by atoms with E-state index in [-0.39, 0.29) is 5.60 Å². The van der Waals surface area contributed by atoms with Crippen molar-refractivity contribution < 1.29 is 4.74 Å². The quantitative estimate of drug-likeness (QED) is 0.695. The van der Waals surface area contributed by atoms with Gasteiger partial charge in [0.2, 0.25) is 0 Å². The van der Waals surface area contributed by atoms with Gasteiger partial charge in [-0.15, -0.1) is 0 Å². The van der Waals surface area contributed by atoms with E-state index in [9.17, 15) is 0 Å². The Morgan fingerprint density at radius 2 is 2.20 bits per heavy atom. The first-order valence-electron chi connectivity index (χ1n) is 7.19. The van der Waals surface area contributed by atoms with Crippen LogP contribution in [0.2, 0.25) is 0 Å². The van der Waals surface area contributed by atoms with Crippen LogP contribution < -0.4 is 0 Å². The van der Waals surface area contributed by atoms with Crippen molar-refractivity contribution in [3.05, 3.63) is 30.1 Å². The van der Waals surface area contributed by atoms with Crippen LogP contribution in [0.3, 0.4) is 0 Å². The molecule has 0 aromatic carbocycles. The predicted octanol–water partition coefficient (Wildman–Crippen LogP) is 3.00. The normalized spacial score (nSPS) is 11.6. The molecule has 4 nitrogen and oxygen atoms in total. The van der Waals surface area contributed by atoms with E-state index >= 15 is 0 Å². The summed E-state index contributed by atoms with van der Waals surface area (Å²) in [5.41, 5.74) is 1.09. The van der Waals surface area contributed by atoms with E-state index in [1.807, 2.05) is 12.3 Å². The third-order valence-electron chi connectivity index (χ3n) is 3.42. The molecule has 0 saturated heterocycles. The van der Waals surface area contributed by atoms with E-state index in [1.54, 1.807) is 6.20 Å². The maximum absolute atomic E-state index is 8.75. The summed E-state index contributed by atoms with van der Waals surface area (Å²) in [5, 5.41) is 8.75. The Bertz CT molecular complexity index is 411. The van der Waals surface area contributed by atoms with Gasteiger partial charge in [-0.2, -0.15) is 5.26 Å². The standard InChI is InChI=1S/C16H25N3O/c1-4-16(2,3)20-12-11-19(10-6-8-17)14-15-7-5-9-18-13-15/h5,7,9,13H,4,6,10-12,14H2,1-3H3. The number of pyridine rings is 1. The molecule has 0 amide bonds. The minimum absolute atomic E-state index is 0.0742. The van der Waals surface area contributed by atoms with Crippen molar-refractivity contribution in [3.63, 3.8) is 0 Å². The van der Waals surface area contributed by atoms with Crippen molar-refractivity contribution in [3.8, 4) is 6.07 Å². The van der Waals surface area contributed by atoms with Crippen LogP contribution in [0, 0.1) is 11.3 Å². The summed E-state index contributed by atoms with van der Waals surface area (Å²) in [6, 6.07) is 6.20. The van der Waals surface area contributed by atoms with Gasteiger partial charge in [0, 0.05) is 38.4 Å². The van der Waals surface area contributed by atoms with E-state index in [1.165, 1.54) is 5.56 Å². The van der Waals surface area contributed by atoms with E-state index in [4.69, 9.17) is 10.00 Å². The predicted molar refractivity (Wildman–Crippen MR) is 80.1 cm³/mol. The molecule has 0 aliphatic carbocycles. The number of nitrogens with zero attached hydrogens (tertiary/aromatic N) is 3. The Labute approximate surface area is 122 Å². The second-order valence-electron chi connectivity index (χ2n) is 5.51. The Morgan fingerprint density at radius 3 is 2.80 bits per heavy atom. The minimum Gasteiger partial charge on any atom is -0.374 e. The van der Waals surface area contributed by atoms with Gasteiger partial charge in [-0.3, -0.25) is 9.88 Å². The highest BCUT2D eigenvalue weighted by molar-refractivity contribution is 5.08. The zero-order valence-electron chi connectivity index (χ0n) is 12.8. The number of hydrogen-bond donors (Lipinski definition) is 0. The van der Waals surface area contributed by atoms with Crippen LogP contribution >= 0.6 is 0 Å². The van der Waals surface area contributed by atoms with Gasteiger partial charge in [0.05, 0.1) is 18.3 Å². The minimum atomic E-state index is -0.0742. The molecule has 0 spiro atoms. The molecule has 0 aliphatic rings. The number of rotatable bonds is 9. The third kappa shape index (κ3) is 6.65. The average Bonchev–Trinajstić information content (AvgIpc) is 2.45. The molecule has 110 valence electrons. The molecular weight excluding hydrogens is 250 g/mol. The summed E-state index contributed by atoms with van der Waals surface area (Å²) in [6.07, 6.45) is 5.18. The Balaban J connectivity index is 2.46. The fourth-order valence-electron chi connectivity index (χ4n) is 1.78. The zero-order chi connectivity index (χ0) is 14.8. The SMILES string of the molecule is CCC(C)(C)OCCN(CCC#N)Cc1cccnc1. The van der Waals surface area contributed by atoms with Gasteiger partial charge in [0.25, 0.3) is 0 Å². The Hall–Kier alpha value is -1.44. The molecule has 20 heavy (non-hydrogen) atoms. The molecule has 1 rings (SSSR count). The number of hydrogen-bond acceptors (Lipinski definition) is 4. The van der Waals surface area contributed by atoms with Crippen LogP contribution in [0.1, 0.15) is 39.2 Å². The summed E-state index contributed by atoms with van der Waals surface area (Å²) < 4.78 is 5.89. The van der Waals surface area contributed by atoms with Gasteiger partial charge < -0.3 is 4.74 Å². The van der Waals surface area contributed by atoms with Gasteiger partial charge in [-0.25, -0.2) is 0 Å². The summed E-state index contributed by atoms with van der Waals surface area (Å²) in [7, 11) is 0. The van der Waals surface area contributed by atoms with Crippen molar-refractivity contribution >= 4 is 0 Å². The first-order chi connectivity index (χ1) is 9.57. The molecule has 0 saturated carbocycles. The molecule has 1 aromatic heterocycles. The second-order valence-corrected chi connectivity index (χ2v) is 5.51. The first kappa shape index (κ1) is 16.6. The van der Waals surface area contributed by atoms with E-state index in [0.29, 0.717) is 13.0 Å². The van der Waals surface area contributed by atoms with Gasteiger partial charge in [0.1, 0.15) is 0 Å². The molecule has 0 atom stereocenters. The van der Waals surface area contributed by atoms with E-state index < -0.39 is 0 Å². The maximum atomic E-state index is 8.75. The lowest BCUT2D eigenvalue weighted by molar-refractivity contribution is -0.0293. The first-order valence-corrected chi connectivity index (χ1v) is 7.19. The Morgan fingerprint density at radius 1 is 1.40 bits per heavy atom. The van der Waals surface area contributed by atoms with Crippen LogP contribution in [0.15, 0.2) is 24.5 Å². The van der Waals surface area contributed by atoms with Gasteiger partial charge in [-0.05, 0) is 31.9 Å². The zero-order valence-corrected chi connectivity index (χ0v) is 12.8. The molecule has 1 heterocycles. The average molecular weight is 275 g/mol. The summed E-state index contributed by atoms with van der Waals surface area (Å²) in [5.74, 6) is 0. The summed E-state index contributed by atoms with van der Waals surface area (Å²) in [6.45, 7) is 9.43. The third-order valence-corrected chi connectivity index (χ3v) is 3.42. The van der Waals surface area contributed by atoms with E-state index in [0.717, 1.165) is 26.1 Å². The number of aromatic nitrogens is 1. The molecule has 0 fully saturated rings. The van der Waals surface area contributed by atoms with Crippen LogP contribution in [0.4, 0.5) is 0 Å². The van der Waals surface area contributed by atoms with Crippen molar-refractivity contribution in [1.82, 2.24) is 9.88 Å². The molecule has 0 N–H and O–H groups in total. The lowest BCUT2D eigenvalue weighted by atomic mass is 10.1. The Kier molecular flexibility index (Phi) is 7.21. The molecule has 1 aromatic rings. The maximum Gasteiger partial charge on any atom is 0.0635 e. The fourth-order valence-corrected chi connectivity index (χ4v) is 1.78. The van der Waals surface area contributed by atoms with Crippen LogP contribution in [0.25, 0.3) is 0 Å². The highest BCUT2D eigenvalue weighted by Crippen LogP contribution is 2.13. The lowest BCUT2D eigenvalue weighted by Crippen LogP contribution is -2.32.